The molecule has 3 nitrogen and oxygen atoms in total. The maximum Gasteiger partial charge on any atom is 0.143 e. The first-order chi connectivity index (χ1) is 7.80. The van der Waals surface area contributed by atoms with Crippen molar-refractivity contribution in [3.8, 4) is 0 Å². The van der Waals surface area contributed by atoms with Crippen molar-refractivity contribution in [2.45, 2.75) is 40.0 Å². The summed E-state index contributed by atoms with van der Waals surface area (Å²) in [6.07, 6.45) is 1.74. The Morgan fingerprint density at radius 1 is 1.24 bits per heavy atom. The van der Waals surface area contributed by atoms with Gasteiger partial charge >= 0.3 is 0 Å². The van der Waals surface area contributed by atoms with Gasteiger partial charge in [0.1, 0.15) is 17.3 Å². The third kappa shape index (κ3) is 1.06. The molecule has 0 spiro atoms. The van der Waals surface area contributed by atoms with Crippen LogP contribution in [0.25, 0.3) is 0 Å². The van der Waals surface area contributed by atoms with Crippen LogP contribution in [-0.4, -0.2) is 17.3 Å². The molecule has 4 aliphatic rings. The molecular weight excluding hydrogens is 216 g/mol. The number of hydrogen-bond donors (Lipinski definition) is 0. The third-order valence-electron chi connectivity index (χ3n) is 5.74. The Morgan fingerprint density at radius 2 is 1.88 bits per heavy atom. The molecule has 4 bridgehead atoms. The fraction of sp³-hybridized carbons (Fsp3) is 0.786. The highest BCUT2D eigenvalue weighted by molar-refractivity contribution is 6.04. The Morgan fingerprint density at radius 3 is 2.47 bits per heavy atom. The molecule has 0 unspecified atom stereocenters. The van der Waals surface area contributed by atoms with Crippen molar-refractivity contribution in [1.29, 1.82) is 0 Å². The van der Waals surface area contributed by atoms with Crippen LogP contribution < -0.4 is 0 Å². The highest BCUT2D eigenvalue weighted by atomic mass is 16.1. The monoisotopic (exact) mass is 234 g/mol. The lowest BCUT2D eigenvalue weighted by Gasteiger charge is -2.53. The summed E-state index contributed by atoms with van der Waals surface area (Å²) in [6.45, 7) is 5.51. The van der Waals surface area contributed by atoms with Crippen molar-refractivity contribution in [1.82, 2.24) is 0 Å². The molecule has 4 rings (SSSR count). The summed E-state index contributed by atoms with van der Waals surface area (Å²) in [7, 11) is 0. The Balaban J connectivity index is 2.11. The molecule has 3 heteroatoms. The third-order valence-corrected chi connectivity index (χ3v) is 5.74. The van der Waals surface area contributed by atoms with Crippen molar-refractivity contribution in [3.63, 3.8) is 0 Å². The number of rotatable bonds is 1. The predicted octanol–water partition coefficient (Wildman–Crippen LogP) is 1.79. The van der Waals surface area contributed by atoms with Gasteiger partial charge in [0.2, 0.25) is 0 Å². The topological polar surface area (TPSA) is 51.2 Å². The molecule has 0 aromatic carbocycles. The standard InChI is InChI=1S/C14H18O3/c1-7(15)8-4-10-13(2)5-9(8)12(17)14(10,3)6-11(13)16/h8-10H,4-6H2,1-3H3/t8-,9-,10-,13+,14+/m0/s1. The summed E-state index contributed by atoms with van der Waals surface area (Å²) < 4.78 is 0. The zero-order chi connectivity index (χ0) is 12.6. The maximum atomic E-state index is 12.5. The van der Waals surface area contributed by atoms with Crippen LogP contribution in [0.3, 0.4) is 0 Å². The molecule has 0 N–H and O–H groups in total. The van der Waals surface area contributed by atoms with E-state index in [1.165, 1.54) is 0 Å². The predicted molar refractivity (Wildman–Crippen MR) is 61.2 cm³/mol. The van der Waals surface area contributed by atoms with Crippen LogP contribution >= 0.6 is 0 Å². The van der Waals surface area contributed by atoms with Gasteiger partial charge in [-0.25, -0.2) is 0 Å². The second kappa shape index (κ2) is 2.88. The van der Waals surface area contributed by atoms with Crippen molar-refractivity contribution >= 4 is 17.3 Å². The molecule has 0 radical (unpaired) electrons. The van der Waals surface area contributed by atoms with Crippen molar-refractivity contribution in [3.05, 3.63) is 0 Å². The van der Waals surface area contributed by atoms with Gasteiger partial charge in [0.25, 0.3) is 0 Å². The summed E-state index contributed by atoms with van der Waals surface area (Å²) in [4.78, 5) is 36.2. The molecule has 0 heterocycles. The van der Waals surface area contributed by atoms with Crippen LogP contribution in [-0.2, 0) is 14.4 Å². The van der Waals surface area contributed by atoms with Gasteiger partial charge in [-0.1, -0.05) is 13.8 Å². The van der Waals surface area contributed by atoms with Gasteiger partial charge in [-0.2, -0.15) is 0 Å². The molecule has 5 atom stereocenters. The number of carbonyl (C=O) groups is 3. The minimum absolute atomic E-state index is 0.0916. The van der Waals surface area contributed by atoms with E-state index in [0.29, 0.717) is 12.8 Å². The molecule has 17 heavy (non-hydrogen) atoms. The van der Waals surface area contributed by atoms with Crippen LogP contribution in [0.1, 0.15) is 40.0 Å². The van der Waals surface area contributed by atoms with Gasteiger partial charge in [0, 0.05) is 29.1 Å². The number of ketones is 3. The van der Waals surface area contributed by atoms with E-state index in [-0.39, 0.29) is 40.5 Å². The molecule has 0 aliphatic heterocycles. The molecular formula is C14H18O3. The normalized spacial score (nSPS) is 52.1. The van der Waals surface area contributed by atoms with Crippen molar-refractivity contribution < 1.29 is 14.4 Å². The second-order valence-electron chi connectivity index (χ2n) is 6.62. The maximum absolute atomic E-state index is 12.5. The minimum atomic E-state index is -0.472. The number of Topliss-reactive ketones (excluding diaryl/α,β-unsaturated/α-hetero) is 3. The molecule has 0 saturated heterocycles. The average molecular weight is 234 g/mol. The van der Waals surface area contributed by atoms with E-state index in [1.807, 2.05) is 13.8 Å². The fourth-order valence-electron chi connectivity index (χ4n) is 4.76. The summed E-state index contributed by atoms with van der Waals surface area (Å²) >= 11 is 0. The quantitative estimate of drug-likeness (QED) is 0.695. The summed E-state index contributed by atoms with van der Waals surface area (Å²) in [5, 5.41) is 0. The van der Waals surface area contributed by atoms with Crippen molar-refractivity contribution in [2.24, 2.45) is 28.6 Å². The molecule has 4 aliphatic carbocycles. The largest absolute Gasteiger partial charge is 0.300 e. The van der Waals surface area contributed by atoms with E-state index in [2.05, 4.69) is 0 Å². The molecule has 0 amide bonds. The van der Waals surface area contributed by atoms with Gasteiger partial charge < -0.3 is 0 Å². The van der Waals surface area contributed by atoms with E-state index < -0.39 is 5.41 Å². The van der Waals surface area contributed by atoms with Gasteiger partial charge in [-0.05, 0) is 25.7 Å². The Bertz CT molecular complexity index is 452. The molecule has 92 valence electrons. The van der Waals surface area contributed by atoms with Gasteiger partial charge in [0.15, 0.2) is 0 Å². The van der Waals surface area contributed by atoms with Crippen LogP contribution in [0.2, 0.25) is 0 Å². The fourth-order valence-corrected chi connectivity index (χ4v) is 4.76. The number of carbonyl (C=O) groups excluding carboxylic acids is 3. The highest BCUT2D eigenvalue weighted by Gasteiger charge is 2.70. The van der Waals surface area contributed by atoms with Crippen molar-refractivity contribution in [2.75, 3.05) is 0 Å². The Hall–Kier alpha value is -0.990. The summed E-state index contributed by atoms with van der Waals surface area (Å²) in [5.41, 5.74) is -0.806. The van der Waals surface area contributed by atoms with E-state index in [4.69, 9.17) is 0 Å². The summed E-state index contributed by atoms with van der Waals surface area (Å²) in [6, 6.07) is 0. The first-order valence-corrected chi connectivity index (χ1v) is 6.39. The molecule has 4 fully saturated rings. The summed E-state index contributed by atoms with van der Waals surface area (Å²) in [5.74, 6) is 0.305. The van der Waals surface area contributed by atoms with E-state index in [9.17, 15) is 14.4 Å². The van der Waals surface area contributed by atoms with E-state index in [1.54, 1.807) is 6.92 Å². The highest BCUT2D eigenvalue weighted by Crippen LogP contribution is 2.67. The lowest BCUT2D eigenvalue weighted by Crippen LogP contribution is -2.57. The van der Waals surface area contributed by atoms with Gasteiger partial charge in [0.05, 0.1) is 0 Å². The lowest BCUT2D eigenvalue weighted by atomic mass is 9.48. The number of fused-ring (bicyclic) bond motifs is 1. The smallest absolute Gasteiger partial charge is 0.143 e. The Labute approximate surface area is 101 Å². The van der Waals surface area contributed by atoms with Gasteiger partial charge in [-0.3, -0.25) is 14.4 Å². The first kappa shape index (κ1) is 11.1. The van der Waals surface area contributed by atoms with Gasteiger partial charge in [-0.15, -0.1) is 0 Å². The van der Waals surface area contributed by atoms with Crippen LogP contribution in [0.15, 0.2) is 0 Å². The zero-order valence-electron chi connectivity index (χ0n) is 10.6. The van der Waals surface area contributed by atoms with Crippen LogP contribution in [0.5, 0.6) is 0 Å². The second-order valence-corrected chi connectivity index (χ2v) is 6.62. The zero-order valence-corrected chi connectivity index (χ0v) is 10.6. The van der Waals surface area contributed by atoms with Crippen LogP contribution in [0.4, 0.5) is 0 Å². The lowest BCUT2D eigenvalue weighted by molar-refractivity contribution is -0.160. The molecule has 0 aromatic heterocycles. The SMILES string of the molecule is CC(=O)[C@@H]1C[C@H]2[C@@]3(C)C[C@@H]1C(=O)[C@]2(C)CC3=O. The number of hydrogen-bond acceptors (Lipinski definition) is 3. The average Bonchev–Trinajstić information content (AvgIpc) is 2.40. The first-order valence-electron chi connectivity index (χ1n) is 6.39. The molecule has 0 aromatic rings. The minimum Gasteiger partial charge on any atom is -0.300 e. The van der Waals surface area contributed by atoms with E-state index >= 15 is 0 Å². The van der Waals surface area contributed by atoms with E-state index in [0.717, 1.165) is 6.42 Å². The Kier molecular flexibility index (Phi) is 1.88. The van der Waals surface area contributed by atoms with Crippen LogP contribution in [0, 0.1) is 28.6 Å². The molecule has 4 saturated carbocycles.